The fourth-order valence-corrected chi connectivity index (χ4v) is 3.70. The summed E-state index contributed by atoms with van der Waals surface area (Å²) in [6.45, 7) is 2.16. The molecule has 0 fully saturated rings. The Balaban J connectivity index is 1.74. The van der Waals surface area contributed by atoms with Gasteiger partial charge in [-0.2, -0.15) is 5.26 Å². The molecule has 0 bridgehead atoms. The number of carbonyl (C=O) groups is 2. The number of nitriles is 1. The molecule has 1 heterocycles. The standard InChI is InChI=1S/C25H18ClN3O2/c1-16-6-2-4-8-21(16)28-24(30)20(14-27)23-19-7-3-5-9-22(19)29(25(23)31)15-17-10-12-18(26)13-11-17/h2-13H,15H2,1H3,(H,28,30). The molecule has 3 aromatic rings. The third kappa shape index (κ3) is 3.94. The Morgan fingerprint density at radius 3 is 2.42 bits per heavy atom. The summed E-state index contributed by atoms with van der Waals surface area (Å²) in [6.07, 6.45) is 0. The summed E-state index contributed by atoms with van der Waals surface area (Å²) in [7, 11) is 0. The van der Waals surface area contributed by atoms with E-state index in [2.05, 4.69) is 5.32 Å². The molecule has 0 atom stereocenters. The number of anilines is 2. The van der Waals surface area contributed by atoms with Gasteiger partial charge in [0.1, 0.15) is 11.6 Å². The van der Waals surface area contributed by atoms with Gasteiger partial charge in [0.15, 0.2) is 0 Å². The quantitative estimate of drug-likeness (QED) is 0.464. The molecule has 0 aliphatic carbocycles. The summed E-state index contributed by atoms with van der Waals surface area (Å²) in [5, 5.41) is 13.2. The van der Waals surface area contributed by atoms with Crippen LogP contribution in [0.3, 0.4) is 0 Å². The molecule has 31 heavy (non-hydrogen) atoms. The zero-order chi connectivity index (χ0) is 22.0. The van der Waals surface area contributed by atoms with E-state index < -0.39 is 5.91 Å². The van der Waals surface area contributed by atoms with Crippen LogP contribution in [0.2, 0.25) is 5.02 Å². The van der Waals surface area contributed by atoms with Crippen LogP contribution in [-0.2, 0) is 16.1 Å². The lowest BCUT2D eigenvalue weighted by Gasteiger charge is -2.17. The van der Waals surface area contributed by atoms with Gasteiger partial charge in [-0.25, -0.2) is 0 Å². The number of fused-ring (bicyclic) bond motifs is 1. The first-order valence-corrected chi connectivity index (χ1v) is 10.0. The van der Waals surface area contributed by atoms with E-state index in [0.717, 1.165) is 11.1 Å². The fourth-order valence-electron chi connectivity index (χ4n) is 3.57. The molecule has 0 saturated heterocycles. The third-order valence-corrected chi connectivity index (χ3v) is 5.41. The fraction of sp³-hybridized carbons (Fsp3) is 0.0800. The number of aryl methyl sites for hydroxylation is 1. The normalized spacial score (nSPS) is 14.1. The number of rotatable bonds is 4. The van der Waals surface area contributed by atoms with Crippen LogP contribution < -0.4 is 10.2 Å². The minimum absolute atomic E-state index is 0.109. The van der Waals surface area contributed by atoms with Crippen molar-refractivity contribution in [1.29, 1.82) is 5.26 Å². The molecule has 5 nitrogen and oxygen atoms in total. The highest BCUT2D eigenvalue weighted by atomic mass is 35.5. The molecule has 2 amide bonds. The van der Waals surface area contributed by atoms with Crippen molar-refractivity contribution >= 4 is 40.4 Å². The molecule has 3 aromatic carbocycles. The Morgan fingerprint density at radius 2 is 1.71 bits per heavy atom. The van der Waals surface area contributed by atoms with Gasteiger partial charge in [0.2, 0.25) is 0 Å². The number of carbonyl (C=O) groups excluding carboxylic acids is 2. The number of nitrogens with one attached hydrogen (secondary N) is 1. The van der Waals surface area contributed by atoms with Crippen molar-refractivity contribution in [2.24, 2.45) is 0 Å². The largest absolute Gasteiger partial charge is 0.321 e. The maximum atomic E-state index is 13.4. The van der Waals surface area contributed by atoms with E-state index in [4.69, 9.17) is 11.6 Å². The lowest BCUT2D eigenvalue weighted by molar-refractivity contribution is -0.114. The lowest BCUT2D eigenvalue weighted by Crippen LogP contribution is -2.27. The van der Waals surface area contributed by atoms with E-state index in [1.54, 1.807) is 41.3 Å². The number of amides is 2. The van der Waals surface area contributed by atoms with Crippen LogP contribution >= 0.6 is 11.6 Å². The first-order valence-electron chi connectivity index (χ1n) is 9.66. The van der Waals surface area contributed by atoms with Gasteiger partial charge < -0.3 is 10.2 Å². The Kier molecular flexibility index (Phi) is 5.57. The average molecular weight is 428 g/mol. The van der Waals surface area contributed by atoms with Gasteiger partial charge in [-0.1, -0.05) is 60.1 Å². The van der Waals surface area contributed by atoms with Gasteiger partial charge >= 0.3 is 0 Å². The van der Waals surface area contributed by atoms with Crippen LogP contribution in [0, 0.1) is 18.3 Å². The highest BCUT2D eigenvalue weighted by Gasteiger charge is 2.36. The summed E-state index contributed by atoms with van der Waals surface area (Å²) in [4.78, 5) is 27.9. The number of benzene rings is 3. The molecule has 152 valence electrons. The van der Waals surface area contributed by atoms with Crippen molar-refractivity contribution in [3.05, 3.63) is 100 Å². The maximum Gasteiger partial charge on any atom is 0.267 e. The molecule has 0 aromatic heterocycles. The van der Waals surface area contributed by atoms with Gasteiger partial charge in [-0.15, -0.1) is 0 Å². The van der Waals surface area contributed by atoms with Crippen molar-refractivity contribution in [3.63, 3.8) is 0 Å². The van der Waals surface area contributed by atoms with Gasteiger partial charge in [-0.05, 0) is 42.3 Å². The SMILES string of the molecule is Cc1ccccc1NC(=O)C(C#N)=C1C(=O)N(Cc2ccc(Cl)cc2)c2ccccc21. The van der Waals surface area contributed by atoms with Gasteiger partial charge in [0, 0.05) is 16.3 Å². The van der Waals surface area contributed by atoms with Crippen molar-refractivity contribution in [2.45, 2.75) is 13.5 Å². The zero-order valence-electron chi connectivity index (χ0n) is 16.7. The third-order valence-electron chi connectivity index (χ3n) is 5.16. The molecule has 4 rings (SSSR count). The van der Waals surface area contributed by atoms with Crippen LogP contribution in [0.15, 0.2) is 78.4 Å². The van der Waals surface area contributed by atoms with E-state index in [1.165, 1.54) is 0 Å². The molecular weight excluding hydrogens is 410 g/mol. The Bertz CT molecular complexity index is 1260. The second kappa shape index (κ2) is 8.47. The summed E-state index contributed by atoms with van der Waals surface area (Å²) in [5.74, 6) is -0.990. The topological polar surface area (TPSA) is 73.2 Å². The molecule has 0 spiro atoms. The highest BCUT2D eigenvalue weighted by Crippen LogP contribution is 2.39. The molecule has 0 unspecified atom stereocenters. The molecule has 1 aliphatic rings. The van der Waals surface area contributed by atoms with Crippen molar-refractivity contribution in [1.82, 2.24) is 0 Å². The van der Waals surface area contributed by atoms with E-state index in [1.807, 2.05) is 49.4 Å². The van der Waals surface area contributed by atoms with Crippen LogP contribution in [0.1, 0.15) is 16.7 Å². The second-order valence-corrected chi connectivity index (χ2v) is 7.60. The summed E-state index contributed by atoms with van der Waals surface area (Å²) in [5.41, 5.74) is 3.47. The predicted molar refractivity (Wildman–Crippen MR) is 121 cm³/mol. The first kappa shape index (κ1) is 20.4. The number of hydrogen-bond acceptors (Lipinski definition) is 3. The predicted octanol–water partition coefficient (Wildman–Crippen LogP) is 5.11. The first-order chi connectivity index (χ1) is 15.0. The summed E-state index contributed by atoms with van der Waals surface area (Å²) in [6, 6.07) is 23.6. The van der Waals surface area contributed by atoms with Gasteiger partial charge in [0.05, 0.1) is 17.8 Å². The van der Waals surface area contributed by atoms with E-state index in [-0.39, 0.29) is 17.1 Å². The van der Waals surface area contributed by atoms with Gasteiger partial charge in [-0.3, -0.25) is 9.59 Å². The van der Waals surface area contributed by atoms with E-state index in [0.29, 0.717) is 28.5 Å². The Hall–Kier alpha value is -3.88. The number of hydrogen-bond donors (Lipinski definition) is 1. The molecule has 6 heteroatoms. The number of halogens is 1. The Morgan fingerprint density at radius 1 is 1.03 bits per heavy atom. The molecule has 0 radical (unpaired) electrons. The van der Waals surface area contributed by atoms with Crippen LogP contribution in [0.4, 0.5) is 11.4 Å². The number of nitrogens with zero attached hydrogens (tertiary/aromatic N) is 2. The minimum atomic E-state index is -0.608. The van der Waals surface area contributed by atoms with E-state index >= 15 is 0 Å². The van der Waals surface area contributed by atoms with E-state index in [9.17, 15) is 14.9 Å². The number of para-hydroxylation sites is 2. The molecule has 1 N–H and O–H groups in total. The zero-order valence-corrected chi connectivity index (χ0v) is 17.5. The average Bonchev–Trinajstić information content (AvgIpc) is 3.04. The highest BCUT2D eigenvalue weighted by molar-refractivity contribution is 6.37. The van der Waals surface area contributed by atoms with Crippen LogP contribution in [0.5, 0.6) is 0 Å². The summed E-state index contributed by atoms with van der Waals surface area (Å²) >= 11 is 5.97. The Labute approximate surface area is 185 Å². The molecular formula is C25H18ClN3O2. The van der Waals surface area contributed by atoms with Crippen molar-refractivity contribution < 1.29 is 9.59 Å². The van der Waals surface area contributed by atoms with Crippen LogP contribution in [-0.4, -0.2) is 11.8 Å². The molecule has 0 saturated carbocycles. The smallest absolute Gasteiger partial charge is 0.267 e. The van der Waals surface area contributed by atoms with Gasteiger partial charge in [0.25, 0.3) is 11.8 Å². The second-order valence-electron chi connectivity index (χ2n) is 7.17. The monoisotopic (exact) mass is 427 g/mol. The van der Waals surface area contributed by atoms with Crippen LogP contribution in [0.25, 0.3) is 5.57 Å². The lowest BCUT2D eigenvalue weighted by atomic mass is 10.0. The maximum absolute atomic E-state index is 13.4. The van der Waals surface area contributed by atoms with Crippen molar-refractivity contribution in [2.75, 3.05) is 10.2 Å². The minimum Gasteiger partial charge on any atom is -0.321 e. The summed E-state index contributed by atoms with van der Waals surface area (Å²) < 4.78 is 0. The molecule has 1 aliphatic heterocycles. The van der Waals surface area contributed by atoms with Crippen molar-refractivity contribution in [3.8, 4) is 6.07 Å².